The van der Waals surface area contributed by atoms with Crippen LogP contribution in [0.5, 0.6) is 17.2 Å². The van der Waals surface area contributed by atoms with Gasteiger partial charge in [0.15, 0.2) is 0 Å². The van der Waals surface area contributed by atoms with Crippen LogP contribution in [0.3, 0.4) is 0 Å². The van der Waals surface area contributed by atoms with Crippen molar-refractivity contribution in [1.29, 1.82) is 0 Å². The highest BCUT2D eigenvalue weighted by atomic mass is 32.2. The van der Waals surface area contributed by atoms with E-state index in [0.29, 0.717) is 34.4 Å². The minimum atomic E-state index is -0.211. The number of para-hydroxylation sites is 2. The lowest BCUT2D eigenvalue weighted by atomic mass is 10.2. The number of carbonyl (C=O) groups excluding carboxylic acids is 1. The number of carbonyl (C=O) groups is 1. The Hall–Kier alpha value is -3.20. The summed E-state index contributed by atoms with van der Waals surface area (Å²) in [5.74, 6) is 2.02. The maximum atomic E-state index is 12.2. The van der Waals surface area contributed by atoms with E-state index < -0.39 is 0 Å². The van der Waals surface area contributed by atoms with Crippen LogP contribution in [0.2, 0.25) is 0 Å². The number of aromatic nitrogens is 2. The predicted octanol–water partition coefficient (Wildman–Crippen LogP) is 3.49. The van der Waals surface area contributed by atoms with E-state index in [1.54, 1.807) is 51.7 Å². The molecular formula is C19H19N3O5S. The van der Waals surface area contributed by atoms with Gasteiger partial charge in [-0.3, -0.25) is 4.79 Å². The van der Waals surface area contributed by atoms with Crippen LogP contribution < -0.4 is 19.5 Å². The van der Waals surface area contributed by atoms with Gasteiger partial charge >= 0.3 is 0 Å². The summed E-state index contributed by atoms with van der Waals surface area (Å²) in [7, 11) is 4.68. The molecule has 0 aliphatic rings. The monoisotopic (exact) mass is 401 g/mol. The standard InChI is InChI=1S/C19H19N3O5S/c1-24-13-8-12(9-14(10-13)25-2)18-21-22-19(27-18)28-11-17(23)20-15-6-4-5-7-16(15)26-3/h4-10H,11H2,1-3H3,(H,20,23). The summed E-state index contributed by atoms with van der Waals surface area (Å²) in [6, 6.07) is 12.5. The first-order valence-corrected chi connectivity index (χ1v) is 9.24. The second kappa shape index (κ2) is 9.14. The summed E-state index contributed by atoms with van der Waals surface area (Å²) < 4.78 is 21.3. The molecule has 0 saturated carbocycles. The maximum Gasteiger partial charge on any atom is 0.277 e. The molecule has 0 spiro atoms. The maximum absolute atomic E-state index is 12.2. The second-order valence-electron chi connectivity index (χ2n) is 5.51. The molecule has 3 rings (SSSR count). The number of rotatable bonds is 8. The highest BCUT2D eigenvalue weighted by Gasteiger charge is 2.14. The Morgan fingerprint density at radius 1 is 1.04 bits per heavy atom. The molecule has 0 aliphatic heterocycles. The van der Waals surface area contributed by atoms with Crippen LogP contribution in [-0.2, 0) is 4.79 Å². The number of ether oxygens (including phenoxy) is 3. The van der Waals surface area contributed by atoms with E-state index in [4.69, 9.17) is 18.6 Å². The number of hydrogen-bond donors (Lipinski definition) is 1. The largest absolute Gasteiger partial charge is 0.497 e. The third-order valence-electron chi connectivity index (χ3n) is 3.71. The number of anilines is 1. The van der Waals surface area contributed by atoms with Crippen molar-refractivity contribution in [1.82, 2.24) is 10.2 Å². The van der Waals surface area contributed by atoms with Crippen molar-refractivity contribution in [3.63, 3.8) is 0 Å². The summed E-state index contributed by atoms with van der Waals surface area (Å²) in [4.78, 5) is 12.2. The van der Waals surface area contributed by atoms with Gasteiger partial charge in [-0.05, 0) is 24.3 Å². The molecule has 0 aliphatic carbocycles. The highest BCUT2D eigenvalue weighted by Crippen LogP contribution is 2.30. The number of hydrogen-bond acceptors (Lipinski definition) is 8. The van der Waals surface area contributed by atoms with Crippen LogP contribution in [0.1, 0.15) is 0 Å². The summed E-state index contributed by atoms with van der Waals surface area (Å²) in [6.07, 6.45) is 0. The first-order valence-electron chi connectivity index (χ1n) is 8.25. The Morgan fingerprint density at radius 3 is 2.43 bits per heavy atom. The molecule has 0 saturated heterocycles. The smallest absolute Gasteiger partial charge is 0.277 e. The molecule has 0 radical (unpaired) electrons. The third kappa shape index (κ3) is 4.74. The summed E-state index contributed by atoms with van der Waals surface area (Å²) in [5, 5.41) is 11.1. The van der Waals surface area contributed by atoms with Gasteiger partial charge in [-0.15, -0.1) is 10.2 Å². The first-order chi connectivity index (χ1) is 13.6. The molecule has 3 aromatic rings. The van der Waals surface area contributed by atoms with Crippen LogP contribution in [-0.4, -0.2) is 43.2 Å². The molecule has 1 heterocycles. The number of methoxy groups -OCH3 is 3. The van der Waals surface area contributed by atoms with Gasteiger partial charge in [-0.25, -0.2) is 0 Å². The van der Waals surface area contributed by atoms with E-state index in [2.05, 4.69) is 15.5 Å². The fourth-order valence-electron chi connectivity index (χ4n) is 2.38. The number of benzene rings is 2. The van der Waals surface area contributed by atoms with Gasteiger partial charge in [-0.1, -0.05) is 23.9 Å². The Labute approximate surface area is 166 Å². The normalized spacial score (nSPS) is 10.4. The van der Waals surface area contributed by atoms with Crippen LogP contribution in [0.15, 0.2) is 52.1 Å². The van der Waals surface area contributed by atoms with Crippen molar-refractivity contribution >= 4 is 23.4 Å². The Bertz CT molecular complexity index is 938. The lowest BCUT2D eigenvalue weighted by Gasteiger charge is -2.08. The SMILES string of the molecule is COc1cc(OC)cc(-c2nnc(SCC(=O)Nc3ccccc3OC)o2)c1. The van der Waals surface area contributed by atoms with Gasteiger partial charge in [0.05, 0.1) is 32.8 Å². The number of amides is 1. The molecule has 28 heavy (non-hydrogen) atoms. The lowest BCUT2D eigenvalue weighted by molar-refractivity contribution is -0.113. The fraction of sp³-hybridized carbons (Fsp3) is 0.211. The Balaban J connectivity index is 1.64. The Kier molecular flexibility index (Phi) is 6.38. The predicted molar refractivity (Wildman–Crippen MR) is 105 cm³/mol. The van der Waals surface area contributed by atoms with Crippen molar-refractivity contribution in [3.05, 3.63) is 42.5 Å². The lowest BCUT2D eigenvalue weighted by Crippen LogP contribution is -2.14. The molecule has 2 aromatic carbocycles. The zero-order valence-electron chi connectivity index (χ0n) is 15.6. The molecule has 1 N–H and O–H groups in total. The fourth-order valence-corrected chi connectivity index (χ4v) is 2.94. The van der Waals surface area contributed by atoms with E-state index >= 15 is 0 Å². The molecule has 0 atom stereocenters. The molecule has 0 bridgehead atoms. The number of nitrogens with one attached hydrogen (secondary N) is 1. The van der Waals surface area contributed by atoms with Gasteiger partial charge in [0.1, 0.15) is 17.2 Å². The first kappa shape index (κ1) is 19.6. The van der Waals surface area contributed by atoms with Crippen molar-refractivity contribution in [2.45, 2.75) is 5.22 Å². The van der Waals surface area contributed by atoms with Gasteiger partial charge in [0.25, 0.3) is 5.22 Å². The van der Waals surface area contributed by atoms with E-state index in [-0.39, 0.29) is 16.9 Å². The van der Waals surface area contributed by atoms with Gasteiger partial charge in [0, 0.05) is 11.6 Å². The number of nitrogens with zero attached hydrogens (tertiary/aromatic N) is 2. The summed E-state index contributed by atoms with van der Waals surface area (Å²) in [5.41, 5.74) is 1.26. The van der Waals surface area contributed by atoms with Gasteiger partial charge < -0.3 is 23.9 Å². The average molecular weight is 401 g/mol. The molecule has 9 heteroatoms. The van der Waals surface area contributed by atoms with E-state index in [1.165, 1.54) is 0 Å². The zero-order chi connectivity index (χ0) is 19.9. The van der Waals surface area contributed by atoms with Crippen LogP contribution in [0.4, 0.5) is 5.69 Å². The van der Waals surface area contributed by atoms with Crippen molar-refractivity contribution < 1.29 is 23.4 Å². The van der Waals surface area contributed by atoms with Crippen LogP contribution in [0.25, 0.3) is 11.5 Å². The molecule has 0 fully saturated rings. The van der Waals surface area contributed by atoms with Crippen molar-refractivity contribution in [2.24, 2.45) is 0 Å². The molecule has 1 amide bonds. The molecule has 0 unspecified atom stereocenters. The average Bonchev–Trinajstić information content (AvgIpc) is 3.21. The van der Waals surface area contributed by atoms with Crippen molar-refractivity contribution in [3.8, 4) is 28.7 Å². The zero-order valence-corrected chi connectivity index (χ0v) is 16.4. The topological polar surface area (TPSA) is 95.7 Å². The minimum Gasteiger partial charge on any atom is -0.497 e. The molecule has 146 valence electrons. The molecule has 1 aromatic heterocycles. The summed E-state index contributed by atoms with van der Waals surface area (Å²) in [6.45, 7) is 0. The second-order valence-corrected chi connectivity index (χ2v) is 6.44. The van der Waals surface area contributed by atoms with Crippen molar-refractivity contribution in [2.75, 3.05) is 32.4 Å². The summed E-state index contributed by atoms with van der Waals surface area (Å²) >= 11 is 1.14. The van der Waals surface area contributed by atoms with Crippen LogP contribution >= 0.6 is 11.8 Å². The van der Waals surface area contributed by atoms with Gasteiger partial charge in [0.2, 0.25) is 11.8 Å². The van der Waals surface area contributed by atoms with E-state index in [1.807, 2.05) is 12.1 Å². The Morgan fingerprint density at radius 2 is 1.75 bits per heavy atom. The highest BCUT2D eigenvalue weighted by molar-refractivity contribution is 7.99. The third-order valence-corrected chi connectivity index (χ3v) is 4.53. The number of thioether (sulfide) groups is 1. The van der Waals surface area contributed by atoms with E-state index in [0.717, 1.165) is 11.8 Å². The molecular weight excluding hydrogens is 382 g/mol. The molecule has 8 nitrogen and oxygen atoms in total. The quantitative estimate of drug-likeness (QED) is 0.573. The van der Waals surface area contributed by atoms with Crippen LogP contribution in [0, 0.1) is 0 Å². The van der Waals surface area contributed by atoms with Gasteiger partial charge in [-0.2, -0.15) is 0 Å². The minimum absolute atomic E-state index is 0.112. The van der Waals surface area contributed by atoms with E-state index in [9.17, 15) is 4.79 Å².